The number of carboxylic acid groups (broad SMARTS) is 2. The molecule has 0 saturated carbocycles. The summed E-state index contributed by atoms with van der Waals surface area (Å²) in [6.45, 7) is 4.60. The van der Waals surface area contributed by atoms with E-state index in [2.05, 4.69) is 36.0 Å². The van der Waals surface area contributed by atoms with E-state index < -0.39 is 11.9 Å². The standard InChI is InChI=1S/C15H22N2O.C4H4O4/c1-16-8-12-10-17(2)11-13(9-16)15(12)18-14-6-4-3-5-7-14;5-3(6)1-2-4(7)8/h3-7,12-13,15H,8-11H2,1-2H3;1-2H,(H,5,6)(H,7,8). The maximum Gasteiger partial charge on any atom is 0.328 e. The fourth-order valence-electron chi connectivity index (χ4n) is 3.66. The fraction of sp³-hybridized carbons (Fsp3) is 0.474. The Morgan fingerprint density at radius 3 is 1.73 bits per heavy atom. The number of fused-ring (bicyclic) bond motifs is 2. The number of carboxylic acids is 2. The number of para-hydroxylation sites is 1. The van der Waals surface area contributed by atoms with Crippen LogP contribution in [0.3, 0.4) is 0 Å². The van der Waals surface area contributed by atoms with Crippen molar-refractivity contribution in [1.29, 1.82) is 0 Å². The topological polar surface area (TPSA) is 90.3 Å². The van der Waals surface area contributed by atoms with Crippen molar-refractivity contribution < 1.29 is 24.5 Å². The van der Waals surface area contributed by atoms with E-state index in [0.717, 1.165) is 31.9 Å². The molecule has 1 aromatic carbocycles. The minimum absolute atomic E-state index is 0.389. The molecular weight excluding hydrogens is 336 g/mol. The molecule has 0 amide bonds. The third-order valence-corrected chi connectivity index (χ3v) is 4.50. The van der Waals surface area contributed by atoms with Gasteiger partial charge in [-0.25, -0.2) is 9.59 Å². The Balaban J connectivity index is 0.000000260. The monoisotopic (exact) mass is 362 g/mol. The molecule has 1 aromatic rings. The molecule has 0 unspecified atom stereocenters. The third kappa shape index (κ3) is 6.16. The zero-order valence-electron chi connectivity index (χ0n) is 15.1. The van der Waals surface area contributed by atoms with Crippen molar-refractivity contribution in [2.75, 3.05) is 40.3 Å². The van der Waals surface area contributed by atoms with E-state index in [1.165, 1.54) is 0 Å². The van der Waals surface area contributed by atoms with Crippen molar-refractivity contribution in [3.05, 3.63) is 42.5 Å². The smallest absolute Gasteiger partial charge is 0.328 e. The van der Waals surface area contributed by atoms with Crippen LogP contribution >= 0.6 is 0 Å². The maximum atomic E-state index is 9.55. The van der Waals surface area contributed by atoms with Gasteiger partial charge in [-0.15, -0.1) is 0 Å². The predicted octanol–water partition coefficient (Wildman–Crippen LogP) is 1.27. The second-order valence-electron chi connectivity index (χ2n) is 6.87. The number of hydrogen-bond donors (Lipinski definition) is 2. The van der Waals surface area contributed by atoms with E-state index >= 15 is 0 Å². The number of hydrogen-bond acceptors (Lipinski definition) is 5. The normalized spacial score (nSPS) is 26.0. The Kier molecular flexibility index (Phi) is 7.17. The highest BCUT2D eigenvalue weighted by atomic mass is 16.5. The molecule has 2 bridgehead atoms. The highest BCUT2D eigenvalue weighted by Gasteiger charge is 2.41. The molecule has 0 radical (unpaired) electrons. The fourth-order valence-corrected chi connectivity index (χ4v) is 3.66. The molecule has 3 rings (SSSR count). The Morgan fingerprint density at radius 1 is 0.923 bits per heavy atom. The van der Waals surface area contributed by atoms with Crippen LogP contribution in [-0.4, -0.2) is 78.3 Å². The molecule has 2 heterocycles. The van der Waals surface area contributed by atoms with Crippen LogP contribution in [0.1, 0.15) is 0 Å². The molecule has 0 aliphatic carbocycles. The lowest BCUT2D eigenvalue weighted by molar-refractivity contribution is -0.134. The number of rotatable bonds is 4. The molecule has 7 nitrogen and oxygen atoms in total. The largest absolute Gasteiger partial charge is 0.490 e. The first-order chi connectivity index (χ1) is 12.3. The van der Waals surface area contributed by atoms with Gasteiger partial charge < -0.3 is 24.7 Å². The van der Waals surface area contributed by atoms with E-state index in [-0.39, 0.29) is 0 Å². The van der Waals surface area contributed by atoms with Crippen LogP contribution in [0.25, 0.3) is 0 Å². The van der Waals surface area contributed by atoms with Crippen molar-refractivity contribution in [1.82, 2.24) is 9.80 Å². The second kappa shape index (κ2) is 9.35. The third-order valence-electron chi connectivity index (χ3n) is 4.50. The van der Waals surface area contributed by atoms with Crippen molar-refractivity contribution in [2.45, 2.75) is 6.10 Å². The summed E-state index contributed by atoms with van der Waals surface area (Å²) in [5.41, 5.74) is 0. The minimum atomic E-state index is -1.26. The van der Waals surface area contributed by atoms with Crippen LogP contribution in [-0.2, 0) is 9.59 Å². The molecule has 0 aromatic heterocycles. The van der Waals surface area contributed by atoms with Gasteiger partial charge >= 0.3 is 11.9 Å². The first-order valence-corrected chi connectivity index (χ1v) is 8.58. The van der Waals surface area contributed by atoms with E-state index in [0.29, 0.717) is 30.1 Å². The Hall–Kier alpha value is -2.38. The summed E-state index contributed by atoms with van der Waals surface area (Å²) in [6.07, 6.45) is 1.50. The van der Waals surface area contributed by atoms with E-state index in [9.17, 15) is 9.59 Å². The lowest BCUT2D eigenvalue weighted by Gasteiger charge is -2.48. The van der Waals surface area contributed by atoms with Crippen LogP contribution < -0.4 is 4.74 Å². The number of likely N-dealkylation sites (tertiary alicyclic amines) is 2. The van der Waals surface area contributed by atoms with Crippen LogP contribution in [0, 0.1) is 11.8 Å². The zero-order chi connectivity index (χ0) is 19.1. The van der Waals surface area contributed by atoms with Crippen molar-refractivity contribution in [2.24, 2.45) is 11.8 Å². The summed E-state index contributed by atoms with van der Waals surface area (Å²) in [6, 6.07) is 10.3. The highest BCUT2D eigenvalue weighted by molar-refractivity contribution is 5.89. The summed E-state index contributed by atoms with van der Waals surface area (Å²) in [5.74, 6) is -0.230. The van der Waals surface area contributed by atoms with Gasteiger partial charge in [-0.3, -0.25) is 0 Å². The average molecular weight is 362 g/mol. The van der Waals surface area contributed by atoms with Gasteiger partial charge in [0.05, 0.1) is 0 Å². The Bertz CT molecular complexity index is 588. The first kappa shape index (κ1) is 19.9. The van der Waals surface area contributed by atoms with Gasteiger partial charge in [0.1, 0.15) is 11.9 Å². The second-order valence-corrected chi connectivity index (χ2v) is 6.87. The quantitative estimate of drug-likeness (QED) is 0.780. The molecule has 2 fully saturated rings. The average Bonchev–Trinajstić information content (AvgIpc) is 2.56. The van der Waals surface area contributed by atoms with Gasteiger partial charge in [0.2, 0.25) is 0 Å². The molecule has 2 saturated heterocycles. The predicted molar refractivity (Wildman–Crippen MR) is 97.2 cm³/mol. The van der Waals surface area contributed by atoms with Crippen LogP contribution in [0.5, 0.6) is 5.75 Å². The number of aliphatic carboxylic acids is 2. The van der Waals surface area contributed by atoms with Crippen LogP contribution in [0.2, 0.25) is 0 Å². The van der Waals surface area contributed by atoms with Gasteiger partial charge in [0, 0.05) is 50.2 Å². The summed E-state index contributed by atoms with van der Waals surface area (Å²) < 4.78 is 6.27. The summed E-state index contributed by atoms with van der Waals surface area (Å²) in [5, 5.41) is 15.6. The molecule has 26 heavy (non-hydrogen) atoms. The van der Waals surface area contributed by atoms with E-state index in [1.807, 2.05) is 18.2 Å². The molecule has 7 heteroatoms. The Morgan fingerprint density at radius 2 is 1.35 bits per heavy atom. The van der Waals surface area contributed by atoms with Crippen molar-refractivity contribution in [3.63, 3.8) is 0 Å². The summed E-state index contributed by atoms with van der Waals surface area (Å²) in [4.78, 5) is 24.0. The van der Waals surface area contributed by atoms with Crippen LogP contribution in [0.15, 0.2) is 42.5 Å². The molecule has 0 atom stereocenters. The first-order valence-electron chi connectivity index (χ1n) is 8.58. The molecule has 2 N–H and O–H groups in total. The van der Waals surface area contributed by atoms with Gasteiger partial charge in [0.25, 0.3) is 0 Å². The minimum Gasteiger partial charge on any atom is -0.490 e. The molecule has 2 aliphatic rings. The molecule has 2 aliphatic heterocycles. The number of carbonyl (C=O) groups is 2. The van der Waals surface area contributed by atoms with Gasteiger partial charge in [0.15, 0.2) is 0 Å². The lowest BCUT2D eigenvalue weighted by Crippen LogP contribution is -2.60. The van der Waals surface area contributed by atoms with Crippen LogP contribution in [0.4, 0.5) is 0 Å². The van der Waals surface area contributed by atoms with Crippen molar-refractivity contribution in [3.8, 4) is 5.75 Å². The molecule has 142 valence electrons. The Labute approximate surface area is 153 Å². The summed E-state index contributed by atoms with van der Waals surface area (Å²) >= 11 is 0. The van der Waals surface area contributed by atoms with Gasteiger partial charge in [-0.2, -0.15) is 0 Å². The van der Waals surface area contributed by atoms with E-state index in [1.54, 1.807) is 0 Å². The van der Waals surface area contributed by atoms with Gasteiger partial charge in [-0.1, -0.05) is 18.2 Å². The number of nitrogens with zero attached hydrogens (tertiary/aromatic N) is 2. The number of benzene rings is 1. The SMILES string of the molecule is CN1CC2CN(C)CC(C1)C2Oc1ccccc1.O=C(O)C=CC(=O)O. The van der Waals surface area contributed by atoms with E-state index in [4.69, 9.17) is 14.9 Å². The number of piperidine rings is 2. The zero-order valence-corrected chi connectivity index (χ0v) is 15.1. The maximum absolute atomic E-state index is 9.55. The van der Waals surface area contributed by atoms with Gasteiger partial charge in [-0.05, 0) is 26.2 Å². The lowest BCUT2D eigenvalue weighted by atomic mass is 9.82. The van der Waals surface area contributed by atoms with Crippen molar-refractivity contribution >= 4 is 11.9 Å². The summed E-state index contributed by atoms with van der Waals surface area (Å²) in [7, 11) is 4.45. The molecular formula is C19H26N2O5. The number of ether oxygens (including phenoxy) is 1. The highest BCUT2D eigenvalue weighted by Crippen LogP contribution is 2.31. The molecule has 0 spiro atoms.